The number of anilines is 1. The molecule has 0 saturated heterocycles. The van der Waals surface area contributed by atoms with Crippen LogP contribution in [-0.2, 0) is 0 Å². The molecule has 108 valence electrons. The van der Waals surface area contributed by atoms with Crippen molar-refractivity contribution in [2.75, 3.05) is 5.32 Å². The lowest BCUT2D eigenvalue weighted by Gasteiger charge is -2.16. The predicted molar refractivity (Wildman–Crippen MR) is 85.2 cm³/mol. The average Bonchev–Trinajstić information content (AvgIpc) is 2.86. The van der Waals surface area contributed by atoms with E-state index in [1.165, 1.54) is 0 Å². The fraction of sp³-hybridized carbons (Fsp3) is 0.154. The summed E-state index contributed by atoms with van der Waals surface area (Å²) in [5, 5.41) is 4.57. The largest absolute Gasteiger partial charge is 0.362 e. The zero-order chi connectivity index (χ0) is 15.0. The summed E-state index contributed by atoms with van der Waals surface area (Å²) in [6, 6.07) is 5.27. The number of halogens is 3. The number of rotatable bonds is 3. The highest BCUT2D eigenvalue weighted by atomic mass is 35.5. The molecule has 1 aromatic carbocycles. The van der Waals surface area contributed by atoms with Crippen molar-refractivity contribution in [3.05, 3.63) is 45.4 Å². The standard InChI is InChI=1S/C13H10Cl3N5/c1-6(8-3-2-7(14)4-9(8)15)19-12-10-11(18-5-17-10)20-13(16)21-12/h2-6H,1H3,(H2,17,18,19,20,21). The van der Waals surface area contributed by atoms with Crippen molar-refractivity contribution in [3.8, 4) is 0 Å². The van der Waals surface area contributed by atoms with E-state index < -0.39 is 0 Å². The summed E-state index contributed by atoms with van der Waals surface area (Å²) in [7, 11) is 0. The number of hydrogen-bond acceptors (Lipinski definition) is 4. The van der Waals surface area contributed by atoms with Crippen molar-refractivity contribution in [3.63, 3.8) is 0 Å². The summed E-state index contributed by atoms with van der Waals surface area (Å²) >= 11 is 18.0. The minimum atomic E-state index is -0.0905. The normalized spacial score (nSPS) is 12.6. The zero-order valence-electron chi connectivity index (χ0n) is 10.9. The van der Waals surface area contributed by atoms with Gasteiger partial charge in [-0.05, 0) is 36.2 Å². The highest BCUT2D eigenvalue weighted by Gasteiger charge is 2.14. The molecule has 8 heteroatoms. The van der Waals surface area contributed by atoms with Gasteiger partial charge in [0.1, 0.15) is 5.52 Å². The van der Waals surface area contributed by atoms with Crippen LogP contribution in [0.1, 0.15) is 18.5 Å². The average molecular weight is 343 g/mol. The fourth-order valence-corrected chi connectivity index (χ4v) is 2.78. The summed E-state index contributed by atoms with van der Waals surface area (Å²) in [6.07, 6.45) is 1.54. The van der Waals surface area contributed by atoms with Gasteiger partial charge < -0.3 is 10.3 Å². The Labute approximate surface area is 135 Å². The first kappa shape index (κ1) is 14.4. The molecule has 0 spiro atoms. The molecule has 2 heterocycles. The molecular formula is C13H10Cl3N5. The maximum absolute atomic E-state index is 6.22. The predicted octanol–water partition coefficient (Wildman–Crippen LogP) is 4.49. The SMILES string of the molecule is CC(Nc1nc(Cl)nc2nc[nH]c12)c1ccc(Cl)cc1Cl. The monoisotopic (exact) mass is 341 g/mol. The molecule has 0 fully saturated rings. The summed E-state index contributed by atoms with van der Waals surface area (Å²) in [5.74, 6) is 0.570. The van der Waals surface area contributed by atoms with E-state index in [0.29, 0.717) is 27.0 Å². The van der Waals surface area contributed by atoms with Crippen molar-refractivity contribution in [2.24, 2.45) is 0 Å². The molecule has 0 aliphatic heterocycles. The number of aromatic amines is 1. The molecule has 2 aromatic heterocycles. The molecule has 0 saturated carbocycles. The van der Waals surface area contributed by atoms with Gasteiger partial charge in [-0.2, -0.15) is 9.97 Å². The molecule has 0 bridgehead atoms. The molecule has 0 aliphatic carbocycles. The minimum absolute atomic E-state index is 0.0905. The molecule has 0 aliphatic rings. The number of nitrogens with zero attached hydrogens (tertiary/aromatic N) is 3. The highest BCUT2D eigenvalue weighted by molar-refractivity contribution is 6.35. The Balaban J connectivity index is 1.96. The first-order chi connectivity index (χ1) is 10.0. The van der Waals surface area contributed by atoms with Gasteiger partial charge in [0.15, 0.2) is 11.5 Å². The second kappa shape index (κ2) is 5.67. The van der Waals surface area contributed by atoms with Crippen LogP contribution >= 0.6 is 34.8 Å². The number of benzene rings is 1. The number of fused-ring (bicyclic) bond motifs is 1. The van der Waals surface area contributed by atoms with Crippen LogP contribution < -0.4 is 5.32 Å². The second-order valence-corrected chi connectivity index (χ2v) is 5.66. The third-order valence-electron chi connectivity index (χ3n) is 3.04. The maximum Gasteiger partial charge on any atom is 0.226 e. The maximum atomic E-state index is 6.22. The number of imidazole rings is 1. The van der Waals surface area contributed by atoms with Gasteiger partial charge in [0.05, 0.1) is 12.4 Å². The van der Waals surface area contributed by atoms with Crippen molar-refractivity contribution in [1.29, 1.82) is 0 Å². The quantitative estimate of drug-likeness (QED) is 0.688. The third kappa shape index (κ3) is 2.90. The van der Waals surface area contributed by atoms with Crippen molar-refractivity contribution < 1.29 is 0 Å². The van der Waals surface area contributed by atoms with Crippen molar-refractivity contribution in [1.82, 2.24) is 19.9 Å². The van der Waals surface area contributed by atoms with E-state index in [9.17, 15) is 0 Å². The van der Waals surface area contributed by atoms with Gasteiger partial charge >= 0.3 is 0 Å². The lowest BCUT2D eigenvalue weighted by atomic mass is 10.1. The summed E-state index contributed by atoms with van der Waals surface area (Å²) < 4.78 is 0. The molecular weight excluding hydrogens is 333 g/mol. The first-order valence-electron chi connectivity index (χ1n) is 6.12. The van der Waals surface area contributed by atoms with Gasteiger partial charge in [-0.15, -0.1) is 0 Å². The molecule has 0 amide bonds. The Morgan fingerprint density at radius 1 is 1.19 bits per heavy atom. The summed E-state index contributed by atoms with van der Waals surface area (Å²) in [5.41, 5.74) is 2.10. The first-order valence-corrected chi connectivity index (χ1v) is 7.26. The Kier molecular flexibility index (Phi) is 3.89. The van der Waals surface area contributed by atoms with Gasteiger partial charge in [-0.1, -0.05) is 29.3 Å². The van der Waals surface area contributed by atoms with E-state index >= 15 is 0 Å². The molecule has 5 nitrogen and oxygen atoms in total. The van der Waals surface area contributed by atoms with Gasteiger partial charge in [0, 0.05) is 10.0 Å². The van der Waals surface area contributed by atoms with Crippen LogP contribution in [0.15, 0.2) is 24.5 Å². The van der Waals surface area contributed by atoms with Gasteiger partial charge in [-0.3, -0.25) is 0 Å². The minimum Gasteiger partial charge on any atom is -0.362 e. The van der Waals surface area contributed by atoms with Crippen LogP contribution in [0.4, 0.5) is 5.82 Å². The van der Waals surface area contributed by atoms with E-state index in [1.807, 2.05) is 13.0 Å². The fourth-order valence-electron chi connectivity index (χ4n) is 2.05. The van der Waals surface area contributed by atoms with Crippen LogP contribution in [-0.4, -0.2) is 19.9 Å². The molecule has 1 atom stereocenters. The van der Waals surface area contributed by atoms with E-state index in [1.54, 1.807) is 18.5 Å². The van der Waals surface area contributed by atoms with Crippen LogP contribution in [0, 0.1) is 0 Å². The Morgan fingerprint density at radius 2 is 2.00 bits per heavy atom. The number of hydrogen-bond donors (Lipinski definition) is 2. The smallest absolute Gasteiger partial charge is 0.226 e. The van der Waals surface area contributed by atoms with E-state index in [0.717, 1.165) is 5.56 Å². The Morgan fingerprint density at radius 3 is 2.76 bits per heavy atom. The summed E-state index contributed by atoms with van der Waals surface area (Å²) in [4.78, 5) is 15.3. The molecule has 3 aromatic rings. The topological polar surface area (TPSA) is 66.5 Å². The van der Waals surface area contributed by atoms with Crippen LogP contribution in [0.3, 0.4) is 0 Å². The van der Waals surface area contributed by atoms with Gasteiger partial charge in [0.25, 0.3) is 0 Å². The van der Waals surface area contributed by atoms with Gasteiger partial charge in [-0.25, -0.2) is 4.98 Å². The number of nitrogens with one attached hydrogen (secondary N) is 2. The van der Waals surface area contributed by atoms with Crippen LogP contribution in [0.25, 0.3) is 11.2 Å². The second-order valence-electron chi connectivity index (χ2n) is 4.47. The van der Waals surface area contributed by atoms with E-state index in [2.05, 4.69) is 25.3 Å². The number of H-pyrrole nitrogens is 1. The Hall–Kier alpha value is -1.56. The van der Waals surface area contributed by atoms with Crippen LogP contribution in [0.2, 0.25) is 15.3 Å². The molecule has 0 radical (unpaired) electrons. The van der Waals surface area contributed by atoms with Gasteiger partial charge in [0.2, 0.25) is 5.28 Å². The molecule has 1 unspecified atom stereocenters. The number of aromatic nitrogens is 4. The molecule has 3 rings (SSSR count). The third-order valence-corrected chi connectivity index (χ3v) is 3.77. The molecule has 21 heavy (non-hydrogen) atoms. The Bertz CT molecular complexity index is 802. The molecule has 2 N–H and O–H groups in total. The highest BCUT2D eigenvalue weighted by Crippen LogP contribution is 2.29. The van der Waals surface area contributed by atoms with Crippen molar-refractivity contribution >= 4 is 51.8 Å². The lowest BCUT2D eigenvalue weighted by molar-refractivity contribution is 0.875. The van der Waals surface area contributed by atoms with Crippen molar-refractivity contribution in [2.45, 2.75) is 13.0 Å². The van der Waals surface area contributed by atoms with E-state index in [-0.39, 0.29) is 11.3 Å². The summed E-state index contributed by atoms with van der Waals surface area (Å²) in [6.45, 7) is 1.97. The zero-order valence-corrected chi connectivity index (χ0v) is 13.1. The lowest BCUT2D eigenvalue weighted by Crippen LogP contribution is -2.09. The van der Waals surface area contributed by atoms with Crippen LogP contribution in [0.5, 0.6) is 0 Å². The van der Waals surface area contributed by atoms with E-state index in [4.69, 9.17) is 34.8 Å².